The van der Waals surface area contributed by atoms with Crippen LogP contribution in [0.25, 0.3) is 0 Å². The van der Waals surface area contributed by atoms with Gasteiger partial charge in [-0.1, -0.05) is 13.8 Å². The van der Waals surface area contributed by atoms with E-state index in [0.29, 0.717) is 6.04 Å². The smallest absolute Gasteiger partial charge is 0.320 e. The standard InChI is InChI=1S/C14H26N2O2/c1-14(2,11-17)7-5-8-15-10-12-6-3-4-9-16(12)13(15)18/h12,17H,3-11H2,1-2H3. The second-order valence-electron chi connectivity index (χ2n) is 6.50. The molecule has 2 fully saturated rings. The van der Waals surface area contributed by atoms with Crippen LogP contribution in [0.2, 0.25) is 0 Å². The van der Waals surface area contributed by atoms with E-state index in [1.54, 1.807) is 0 Å². The number of piperidine rings is 1. The molecule has 0 aliphatic carbocycles. The van der Waals surface area contributed by atoms with Gasteiger partial charge in [-0.15, -0.1) is 0 Å². The fraction of sp³-hybridized carbons (Fsp3) is 0.929. The third kappa shape index (κ3) is 2.97. The number of aliphatic hydroxyl groups is 1. The first-order valence-electron chi connectivity index (χ1n) is 7.20. The summed E-state index contributed by atoms with van der Waals surface area (Å²) in [6.07, 6.45) is 5.55. The molecular formula is C14H26N2O2. The Hall–Kier alpha value is -0.770. The zero-order valence-corrected chi connectivity index (χ0v) is 11.7. The minimum atomic E-state index is -0.0180. The van der Waals surface area contributed by atoms with Gasteiger partial charge in [-0.05, 0) is 37.5 Å². The normalized spacial score (nSPS) is 24.6. The minimum absolute atomic E-state index is 0.0180. The Morgan fingerprint density at radius 1 is 1.39 bits per heavy atom. The fourth-order valence-corrected chi connectivity index (χ4v) is 2.97. The molecule has 1 atom stereocenters. The van der Waals surface area contributed by atoms with Gasteiger partial charge in [0, 0.05) is 26.2 Å². The number of carbonyl (C=O) groups excluding carboxylic acids is 1. The highest BCUT2D eigenvalue weighted by atomic mass is 16.3. The molecule has 2 aliphatic rings. The minimum Gasteiger partial charge on any atom is -0.396 e. The highest BCUT2D eigenvalue weighted by molar-refractivity contribution is 5.77. The number of amides is 2. The Labute approximate surface area is 110 Å². The Kier molecular flexibility index (Phi) is 4.15. The lowest BCUT2D eigenvalue weighted by Crippen LogP contribution is -2.38. The molecule has 0 spiro atoms. The summed E-state index contributed by atoms with van der Waals surface area (Å²) in [4.78, 5) is 16.2. The maximum absolute atomic E-state index is 12.2. The van der Waals surface area contributed by atoms with Crippen LogP contribution in [-0.2, 0) is 0 Å². The molecule has 104 valence electrons. The van der Waals surface area contributed by atoms with E-state index in [0.717, 1.165) is 38.9 Å². The van der Waals surface area contributed by atoms with Crippen LogP contribution in [0.5, 0.6) is 0 Å². The van der Waals surface area contributed by atoms with Gasteiger partial charge in [-0.3, -0.25) is 0 Å². The highest BCUT2D eigenvalue weighted by Gasteiger charge is 2.37. The average Bonchev–Trinajstić information content (AvgIpc) is 2.67. The molecule has 1 N–H and O–H groups in total. The summed E-state index contributed by atoms with van der Waals surface area (Å²) in [5.74, 6) is 0. The Morgan fingerprint density at radius 3 is 2.83 bits per heavy atom. The van der Waals surface area contributed by atoms with Crippen molar-refractivity contribution in [3.63, 3.8) is 0 Å². The summed E-state index contributed by atoms with van der Waals surface area (Å²) in [6, 6.07) is 0.707. The Balaban J connectivity index is 1.79. The van der Waals surface area contributed by atoms with Crippen LogP contribution in [0.15, 0.2) is 0 Å². The quantitative estimate of drug-likeness (QED) is 0.816. The summed E-state index contributed by atoms with van der Waals surface area (Å²) < 4.78 is 0. The molecule has 0 aromatic rings. The molecule has 2 amide bonds. The first kappa shape index (κ1) is 13.7. The van der Waals surface area contributed by atoms with Crippen molar-refractivity contribution < 1.29 is 9.90 Å². The van der Waals surface area contributed by atoms with Crippen molar-refractivity contribution in [2.75, 3.05) is 26.2 Å². The van der Waals surface area contributed by atoms with Gasteiger partial charge in [0.1, 0.15) is 0 Å². The molecule has 0 saturated carbocycles. The van der Waals surface area contributed by atoms with Crippen molar-refractivity contribution in [2.45, 2.75) is 52.0 Å². The van der Waals surface area contributed by atoms with Crippen molar-refractivity contribution in [3.05, 3.63) is 0 Å². The van der Waals surface area contributed by atoms with E-state index in [2.05, 4.69) is 18.7 Å². The maximum atomic E-state index is 12.2. The number of aliphatic hydroxyl groups excluding tert-OH is 1. The number of rotatable bonds is 5. The van der Waals surface area contributed by atoms with Crippen LogP contribution in [-0.4, -0.2) is 53.2 Å². The second kappa shape index (κ2) is 5.47. The van der Waals surface area contributed by atoms with E-state index in [1.165, 1.54) is 12.8 Å². The lowest BCUT2D eigenvalue weighted by molar-refractivity contribution is 0.142. The molecule has 4 heteroatoms. The van der Waals surface area contributed by atoms with Crippen molar-refractivity contribution in [2.24, 2.45) is 5.41 Å². The molecule has 4 nitrogen and oxygen atoms in total. The summed E-state index contributed by atoms with van der Waals surface area (Å²) >= 11 is 0. The molecule has 0 bridgehead atoms. The van der Waals surface area contributed by atoms with Gasteiger partial charge in [0.25, 0.3) is 0 Å². The maximum Gasteiger partial charge on any atom is 0.320 e. The topological polar surface area (TPSA) is 43.8 Å². The molecular weight excluding hydrogens is 228 g/mol. The summed E-state index contributed by atoms with van der Waals surface area (Å²) in [7, 11) is 0. The molecule has 2 rings (SSSR count). The van der Waals surface area contributed by atoms with Crippen molar-refractivity contribution in [1.29, 1.82) is 0 Å². The second-order valence-corrected chi connectivity index (χ2v) is 6.50. The monoisotopic (exact) mass is 254 g/mol. The van der Waals surface area contributed by atoms with E-state index < -0.39 is 0 Å². The average molecular weight is 254 g/mol. The van der Waals surface area contributed by atoms with Gasteiger partial charge in [-0.25, -0.2) is 4.79 Å². The summed E-state index contributed by atoms with van der Waals surface area (Å²) in [6.45, 7) is 7.07. The first-order chi connectivity index (χ1) is 8.53. The summed E-state index contributed by atoms with van der Waals surface area (Å²) in [5.41, 5.74) is -0.0180. The zero-order chi connectivity index (χ0) is 13.2. The van der Waals surface area contributed by atoms with E-state index in [-0.39, 0.29) is 18.1 Å². The van der Waals surface area contributed by atoms with Crippen LogP contribution in [0.3, 0.4) is 0 Å². The number of hydrogen-bond acceptors (Lipinski definition) is 2. The van der Waals surface area contributed by atoms with Crippen LogP contribution in [0.1, 0.15) is 46.0 Å². The van der Waals surface area contributed by atoms with Gasteiger partial charge < -0.3 is 14.9 Å². The molecule has 2 aliphatic heterocycles. The fourth-order valence-electron chi connectivity index (χ4n) is 2.97. The van der Waals surface area contributed by atoms with Crippen LogP contribution >= 0.6 is 0 Å². The number of nitrogens with zero attached hydrogens (tertiary/aromatic N) is 2. The van der Waals surface area contributed by atoms with E-state index in [4.69, 9.17) is 0 Å². The van der Waals surface area contributed by atoms with Gasteiger partial charge >= 0.3 is 6.03 Å². The number of hydrogen-bond donors (Lipinski definition) is 1. The van der Waals surface area contributed by atoms with Crippen molar-refractivity contribution in [1.82, 2.24) is 9.80 Å². The molecule has 0 radical (unpaired) electrons. The van der Waals surface area contributed by atoms with E-state index in [1.807, 2.05) is 4.90 Å². The Bertz CT molecular complexity index is 304. The molecule has 0 aromatic carbocycles. The SMILES string of the molecule is CC(C)(CO)CCCN1CC2CCCCN2C1=O. The van der Waals surface area contributed by atoms with Crippen LogP contribution in [0.4, 0.5) is 4.79 Å². The number of carbonyl (C=O) groups is 1. The molecule has 1 unspecified atom stereocenters. The van der Waals surface area contributed by atoms with Crippen molar-refractivity contribution >= 4 is 6.03 Å². The molecule has 18 heavy (non-hydrogen) atoms. The predicted octanol–water partition coefficient (Wildman–Crippen LogP) is 2.08. The van der Waals surface area contributed by atoms with E-state index in [9.17, 15) is 9.90 Å². The van der Waals surface area contributed by atoms with Gasteiger partial charge in [0.2, 0.25) is 0 Å². The predicted molar refractivity (Wildman–Crippen MR) is 71.4 cm³/mol. The van der Waals surface area contributed by atoms with Gasteiger partial charge in [-0.2, -0.15) is 0 Å². The van der Waals surface area contributed by atoms with Gasteiger partial charge in [0.15, 0.2) is 0 Å². The van der Waals surface area contributed by atoms with E-state index >= 15 is 0 Å². The lowest BCUT2D eigenvalue weighted by atomic mass is 9.89. The van der Waals surface area contributed by atoms with Crippen LogP contribution in [0, 0.1) is 5.41 Å². The number of urea groups is 1. The third-order valence-electron chi connectivity index (χ3n) is 4.28. The lowest BCUT2D eigenvalue weighted by Gasteiger charge is -2.27. The molecule has 0 aromatic heterocycles. The molecule has 2 saturated heterocycles. The van der Waals surface area contributed by atoms with Gasteiger partial charge in [0.05, 0.1) is 6.04 Å². The summed E-state index contributed by atoms with van der Waals surface area (Å²) in [5, 5.41) is 9.22. The first-order valence-corrected chi connectivity index (χ1v) is 7.20. The highest BCUT2D eigenvalue weighted by Crippen LogP contribution is 2.27. The number of fused-ring (bicyclic) bond motifs is 1. The zero-order valence-electron chi connectivity index (χ0n) is 11.7. The molecule has 2 heterocycles. The third-order valence-corrected chi connectivity index (χ3v) is 4.28. The Morgan fingerprint density at radius 2 is 2.17 bits per heavy atom. The van der Waals surface area contributed by atoms with Crippen LogP contribution < -0.4 is 0 Å². The van der Waals surface area contributed by atoms with Crippen molar-refractivity contribution in [3.8, 4) is 0 Å². The largest absolute Gasteiger partial charge is 0.396 e.